The maximum absolute atomic E-state index is 3.41. The normalized spacial score (nSPS) is 16.5. The highest BCUT2D eigenvalue weighted by atomic mass is 15.1. The van der Waals surface area contributed by atoms with Gasteiger partial charge in [0, 0.05) is 38.4 Å². The zero-order valence-corrected chi connectivity index (χ0v) is 14.6. The Balaban J connectivity index is 1.85. The van der Waals surface area contributed by atoms with Gasteiger partial charge in [-0.2, -0.15) is 0 Å². The van der Waals surface area contributed by atoms with Gasteiger partial charge in [0.15, 0.2) is 0 Å². The predicted molar refractivity (Wildman–Crippen MR) is 96.5 cm³/mol. The van der Waals surface area contributed by atoms with E-state index in [2.05, 4.69) is 60.2 Å². The Morgan fingerprint density at radius 3 is 2.41 bits per heavy atom. The monoisotopic (exact) mass is 303 g/mol. The van der Waals surface area contributed by atoms with E-state index in [-0.39, 0.29) is 0 Å². The van der Waals surface area contributed by atoms with Crippen LogP contribution in [0.15, 0.2) is 24.3 Å². The Kier molecular flexibility index (Phi) is 7.20. The van der Waals surface area contributed by atoms with Crippen molar-refractivity contribution < 1.29 is 0 Å². The second-order valence-corrected chi connectivity index (χ2v) is 6.56. The summed E-state index contributed by atoms with van der Waals surface area (Å²) in [6.07, 6.45) is 2.66. The van der Waals surface area contributed by atoms with Crippen LogP contribution in [0.25, 0.3) is 0 Å². The third kappa shape index (κ3) is 5.29. The van der Waals surface area contributed by atoms with Crippen molar-refractivity contribution in [2.45, 2.75) is 40.2 Å². The van der Waals surface area contributed by atoms with Gasteiger partial charge in [-0.05, 0) is 49.5 Å². The van der Waals surface area contributed by atoms with Crippen LogP contribution in [-0.2, 0) is 6.54 Å². The van der Waals surface area contributed by atoms with Crippen LogP contribution in [0.4, 0.5) is 5.69 Å². The van der Waals surface area contributed by atoms with Crippen LogP contribution < -0.4 is 10.2 Å². The number of hydrogen-bond acceptors (Lipinski definition) is 3. The van der Waals surface area contributed by atoms with E-state index in [4.69, 9.17) is 0 Å². The summed E-state index contributed by atoms with van der Waals surface area (Å²) < 4.78 is 0. The first-order chi connectivity index (χ1) is 10.7. The number of benzene rings is 1. The Bertz CT molecular complexity index is 407. The lowest BCUT2D eigenvalue weighted by molar-refractivity contribution is 0.280. The zero-order chi connectivity index (χ0) is 15.8. The lowest BCUT2D eigenvalue weighted by Crippen LogP contribution is -2.33. The van der Waals surface area contributed by atoms with Crippen molar-refractivity contribution in [2.75, 3.05) is 44.2 Å². The minimum atomic E-state index is 0.894. The molecule has 22 heavy (non-hydrogen) atoms. The van der Waals surface area contributed by atoms with Gasteiger partial charge in [0.1, 0.15) is 0 Å². The lowest BCUT2D eigenvalue weighted by atomic mass is 9.98. The van der Waals surface area contributed by atoms with Crippen LogP contribution in [0.1, 0.15) is 39.2 Å². The molecular formula is C19H33N3. The van der Waals surface area contributed by atoms with Crippen LogP contribution in [0.3, 0.4) is 0 Å². The fourth-order valence-corrected chi connectivity index (χ4v) is 3.10. The fourth-order valence-electron chi connectivity index (χ4n) is 3.10. The summed E-state index contributed by atoms with van der Waals surface area (Å²) in [4.78, 5) is 5.03. The van der Waals surface area contributed by atoms with E-state index in [1.54, 1.807) is 0 Å². The Morgan fingerprint density at radius 2 is 1.82 bits per heavy atom. The standard InChI is InChI=1S/C19H33N3/c1-4-20-12-15-21(5-2)16-18-6-8-19(9-7-18)22-13-10-17(3)11-14-22/h6-9,17,20H,4-5,10-16H2,1-3H3. The molecule has 1 N–H and O–H groups in total. The van der Waals surface area contributed by atoms with Gasteiger partial charge in [-0.25, -0.2) is 0 Å². The molecule has 1 saturated heterocycles. The fraction of sp³-hybridized carbons (Fsp3) is 0.684. The van der Waals surface area contributed by atoms with E-state index in [0.29, 0.717) is 0 Å². The van der Waals surface area contributed by atoms with E-state index in [1.807, 2.05) is 0 Å². The molecule has 2 rings (SSSR count). The van der Waals surface area contributed by atoms with Gasteiger partial charge in [-0.15, -0.1) is 0 Å². The molecule has 0 aromatic heterocycles. The summed E-state index contributed by atoms with van der Waals surface area (Å²) >= 11 is 0. The third-order valence-electron chi connectivity index (χ3n) is 4.79. The topological polar surface area (TPSA) is 18.5 Å². The van der Waals surface area contributed by atoms with Gasteiger partial charge in [0.05, 0.1) is 0 Å². The molecule has 1 aliphatic heterocycles. The molecule has 0 aliphatic carbocycles. The molecule has 0 amide bonds. The smallest absolute Gasteiger partial charge is 0.0366 e. The van der Waals surface area contributed by atoms with Crippen molar-refractivity contribution in [1.29, 1.82) is 0 Å². The van der Waals surface area contributed by atoms with Crippen LogP contribution in [0.2, 0.25) is 0 Å². The number of hydrogen-bond donors (Lipinski definition) is 1. The summed E-state index contributed by atoms with van der Waals surface area (Å²) in [7, 11) is 0. The minimum Gasteiger partial charge on any atom is -0.372 e. The number of anilines is 1. The summed E-state index contributed by atoms with van der Waals surface area (Å²) in [6.45, 7) is 14.6. The molecule has 0 saturated carbocycles. The largest absolute Gasteiger partial charge is 0.372 e. The number of nitrogens with zero attached hydrogens (tertiary/aromatic N) is 2. The van der Waals surface area contributed by atoms with E-state index in [1.165, 1.54) is 37.2 Å². The maximum atomic E-state index is 3.41. The lowest BCUT2D eigenvalue weighted by Gasteiger charge is -2.32. The number of rotatable bonds is 8. The molecule has 0 bridgehead atoms. The first-order valence-electron chi connectivity index (χ1n) is 8.99. The Morgan fingerprint density at radius 1 is 1.14 bits per heavy atom. The number of likely N-dealkylation sites (N-methyl/N-ethyl adjacent to an activating group) is 2. The highest BCUT2D eigenvalue weighted by molar-refractivity contribution is 5.47. The Labute approximate surface area is 136 Å². The molecule has 1 heterocycles. The highest BCUT2D eigenvalue weighted by Gasteiger charge is 2.15. The zero-order valence-electron chi connectivity index (χ0n) is 14.6. The molecule has 124 valence electrons. The molecule has 1 fully saturated rings. The van der Waals surface area contributed by atoms with Gasteiger partial charge in [0.25, 0.3) is 0 Å². The molecule has 1 aliphatic rings. The Hall–Kier alpha value is -1.06. The second kappa shape index (κ2) is 9.16. The predicted octanol–water partition coefficient (Wildman–Crippen LogP) is 3.35. The third-order valence-corrected chi connectivity index (χ3v) is 4.79. The van der Waals surface area contributed by atoms with Crippen LogP contribution in [0, 0.1) is 5.92 Å². The first-order valence-corrected chi connectivity index (χ1v) is 8.99. The average Bonchev–Trinajstić information content (AvgIpc) is 2.55. The first kappa shape index (κ1) is 17.3. The summed E-state index contributed by atoms with van der Waals surface area (Å²) in [6, 6.07) is 9.24. The molecule has 1 aromatic carbocycles. The maximum Gasteiger partial charge on any atom is 0.0366 e. The second-order valence-electron chi connectivity index (χ2n) is 6.56. The summed E-state index contributed by atoms with van der Waals surface area (Å²) in [5, 5.41) is 3.41. The van der Waals surface area contributed by atoms with Crippen molar-refractivity contribution in [3.05, 3.63) is 29.8 Å². The minimum absolute atomic E-state index is 0.894. The van der Waals surface area contributed by atoms with Crippen LogP contribution >= 0.6 is 0 Å². The van der Waals surface area contributed by atoms with Crippen molar-refractivity contribution in [3.8, 4) is 0 Å². The molecule has 0 atom stereocenters. The van der Waals surface area contributed by atoms with E-state index in [0.717, 1.165) is 38.6 Å². The van der Waals surface area contributed by atoms with Gasteiger partial charge in [-0.3, -0.25) is 4.90 Å². The summed E-state index contributed by atoms with van der Waals surface area (Å²) in [5.74, 6) is 0.894. The molecule has 3 nitrogen and oxygen atoms in total. The van der Waals surface area contributed by atoms with Crippen molar-refractivity contribution in [1.82, 2.24) is 10.2 Å². The molecule has 3 heteroatoms. The van der Waals surface area contributed by atoms with Crippen LogP contribution in [-0.4, -0.2) is 44.2 Å². The van der Waals surface area contributed by atoms with E-state index in [9.17, 15) is 0 Å². The average molecular weight is 303 g/mol. The van der Waals surface area contributed by atoms with Gasteiger partial charge < -0.3 is 10.2 Å². The van der Waals surface area contributed by atoms with Crippen molar-refractivity contribution >= 4 is 5.69 Å². The van der Waals surface area contributed by atoms with Crippen molar-refractivity contribution in [3.63, 3.8) is 0 Å². The molecule has 0 radical (unpaired) electrons. The summed E-state index contributed by atoms with van der Waals surface area (Å²) in [5.41, 5.74) is 2.82. The number of piperidine rings is 1. The number of nitrogens with one attached hydrogen (secondary N) is 1. The van der Waals surface area contributed by atoms with Gasteiger partial charge in [-0.1, -0.05) is 32.9 Å². The quantitative estimate of drug-likeness (QED) is 0.743. The molecular weight excluding hydrogens is 270 g/mol. The van der Waals surface area contributed by atoms with E-state index >= 15 is 0 Å². The van der Waals surface area contributed by atoms with Crippen molar-refractivity contribution in [2.24, 2.45) is 5.92 Å². The van der Waals surface area contributed by atoms with E-state index < -0.39 is 0 Å². The molecule has 0 unspecified atom stereocenters. The van der Waals surface area contributed by atoms with Gasteiger partial charge >= 0.3 is 0 Å². The van der Waals surface area contributed by atoms with Crippen LogP contribution in [0.5, 0.6) is 0 Å². The SMILES string of the molecule is CCNCCN(CC)Cc1ccc(N2CCC(C)CC2)cc1. The highest BCUT2D eigenvalue weighted by Crippen LogP contribution is 2.23. The van der Waals surface area contributed by atoms with Gasteiger partial charge in [0.2, 0.25) is 0 Å². The molecule has 0 spiro atoms. The molecule has 1 aromatic rings.